The van der Waals surface area contributed by atoms with E-state index in [2.05, 4.69) is 12.2 Å². The predicted octanol–water partition coefficient (Wildman–Crippen LogP) is 3.09. The highest BCUT2D eigenvalue weighted by Gasteiger charge is 2.26. The van der Waals surface area contributed by atoms with Gasteiger partial charge in [0.1, 0.15) is 5.38 Å². The highest BCUT2D eigenvalue weighted by Crippen LogP contribution is 2.28. The molecule has 2 nitrogen and oxygen atoms in total. The van der Waals surface area contributed by atoms with Crippen LogP contribution >= 0.6 is 11.6 Å². The Balaban J connectivity index is 2.35. The Morgan fingerprint density at radius 1 is 1.33 bits per heavy atom. The van der Waals surface area contributed by atoms with Crippen molar-refractivity contribution in [1.29, 1.82) is 0 Å². The maximum absolute atomic E-state index is 11.7. The first-order chi connectivity index (χ1) is 7.25. The molecule has 0 aromatic heterocycles. The molecule has 1 saturated carbocycles. The van der Waals surface area contributed by atoms with E-state index in [-0.39, 0.29) is 11.3 Å². The zero-order chi connectivity index (χ0) is 11.1. The van der Waals surface area contributed by atoms with Gasteiger partial charge in [0, 0.05) is 6.54 Å². The Morgan fingerprint density at radius 2 is 1.93 bits per heavy atom. The molecule has 1 aliphatic rings. The summed E-state index contributed by atoms with van der Waals surface area (Å²) in [5.74, 6) is 0.427. The molecule has 0 heterocycles. The van der Waals surface area contributed by atoms with Gasteiger partial charge >= 0.3 is 0 Å². The molecule has 1 fully saturated rings. The van der Waals surface area contributed by atoms with Crippen molar-refractivity contribution in [1.82, 2.24) is 5.32 Å². The van der Waals surface area contributed by atoms with Crippen LogP contribution < -0.4 is 5.32 Å². The summed E-state index contributed by atoms with van der Waals surface area (Å²) >= 11 is 6.21. The molecule has 3 heteroatoms. The van der Waals surface area contributed by atoms with Crippen LogP contribution in [0, 0.1) is 5.92 Å². The lowest BCUT2D eigenvalue weighted by Crippen LogP contribution is -2.36. The van der Waals surface area contributed by atoms with Crippen LogP contribution in [0.2, 0.25) is 0 Å². The highest BCUT2D eigenvalue weighted by molar-refractivity contribution is 6.30. The highest BCUT2D eigenvalue weighted by atomic mass is 35.5. The van der Waals surface area contributed by atoms with Gasteiger partial charge in [0.05, 0.1) is 0 Å². The summed E-state index contributed by atoms with van der Waals surface area (Å²) in [7, 11) is 0. The van der Waals surface area contributed by atoms with Crippen molar-refractivity contribution in [2.24, 2.45) is 5.92 Å². The van der Waals surface area contributed by atoms with Gasteiger partial charge in [0.25, 0.3) is 0 Å². The summed E-state index contributed by atoms with van der Waals surface area (Å²) in [5.41, 5.74) is 0. The first-order valence-corrected chi connectivity index (χ1v) is 6.61. The molecule has 15 heavy (non-hydrogen) atoms. The van der Waals surface area contributed by atoms with Gasteiger partial charge in [0.15, 0.2) is 0 Å². The molecule has 0 saturated heterocycles. The van der Waals surface area contributed by atoms with Crippen LogP contribution in [0.25, 0.3) is 0 Å². The Labute approximate surface area is 97.8 Å². The van der Waals surface area contributed by atoms with Crippen LogP contribution in [0.5, 0.6) is 0 Å². The Morgan fingerprint density at radius 3 is 2.47 bits per heavy atom. The molecule has 1 aliphatic carbocycles. The first-order valence-electron chi connectivity index (χ1n) is 6.17. The monoisotopic (exact) mass is 231 g/mol. The van der Waals surface area contributed by atoms with Gasteiger partial charge in [-0.05, 0) is 25.2 Å². The van der Waals surface area contributed by atoms with Crippen molar-refractivity contribution in [3.8, 4) is 0 Å². The van der Waals surface area contributed by atoms with E-state index in [9.17, 15) is 4.79 Å². The summed E-state index contributed by atoms with van der Waals surface area (Å²) in [6, 6.07) is 0. The number of carbonyl (C=O) groups is 1. The van der Waals surface area contributed by atoms with Gasteiger partial charge in [-0.2, -0.15) is 0 Å². The molecule has 0 aliphatic heterocycles. The molecule has 0 aromatic carbocycles. The average molecular weight is 232 g/mol. The molecule has 0 spiro atoms. The fraction of sp³-hybridized carbons (Fsp3) is 0.917. The van der Waals surface area contributed by atoms with Gasteiger partial charge in [0.2, 0.25) is 5.91 Å². The minimum Gasteiger partial charge on any atom is -0.355 e. The number of rotatable bonds is 4. The first kappa shape index (κ1) is 12.8. The molecule has 1 unspecified atom stereocenters. The van der Waals surface area contributed by atoms with Crippen molar-refractivity contribution < 1.29 is 4.79 Å². The normalized spacial score (nSPS) is 20.7. The maximum Gasteiger partial charge on any atom is 0.238 e. The third-order valence-corrected chi connectivity index (χ3v) is 3.67. The molecule has 1 N–H and O–H groups in total. The Hall–Kier alpha value is -0.240. The lowest BCUT2D eigenvalue weighted by Gasteiger charge is -2.19. The van der Waals surface area contributed by atoms with E-state index in [0.29, 0.717) is 5.92 Å². The van der Waals surface area contributed by atoms with Gasteiger partial charge in [-0.3, -0.25) is 4.79 Å². The summed E-state index contributed by atoms with van der Waals surface area (Å²) in [6.45, 7) is 2.80. The minimum atomic E-state index is -0.311. The lowest BCUT2D eigenvalue weighted by atomic mass is 9.96. The van der Waals surface area contributed by atoms with Crippen LogP contribution in [-0.4, -0.2) is 17.8 Å². The SMILES string of the molecule is CCCNC(=O)C(Cl)C1CCCCCC1. The number of carbonyl (C=O) groups excluding carboxylic acids is 1. The second-order valence-corrected chi connectivity index (χ2v) is 4.91. The number of hydrogen-bond donors (Lipinski definition) is 1. The molecule has 88 valence electrons. The van der Waals surface area contributed by atoms with E-state index in [4.69, 9.17) is 11.6 Å². The molecule has 1 rings (SSSR count). The summed E-state index contributed by atoms with van der Waals surface area (Å²) in [6.07, 6.45) is 8.28. The van der Waals surface area contributed by atoms with Crippen molar-refractivity contribution in [3.63, 3.8) is 0 Å². The second kappa shape index (κ2) is 7.10. The van der Waals surface area contributed by atoms with Crippen LogP contribution in [-0.2, 0) is 4.79 Å². The summed E-state index contributed by atoms with van der Waals surface area (Å²) in [5, 5.41) is 2.57. The van der Waals surface area contributed by atoms with Crippen molar-refractivity contribution in [2.75, 3.05) is 6.54 Å². The molecule has 0 aromatic rings. The van der Waals surface area contributed by atoms with Crippen LogP contribution in [0.3, 0.4) is 0 Å². The summed E-state index contributed by atoms with van der Waals surface area (Å²) in [4.78, 5) is 11.7. The number of amides is 1. The van der Waals surface area contributed by atoms with Crippen LogP contribution in [0.1, 0.15) is 51.9 Å². The van der Waals surface area contributed by atoms with Crippen LogP contribution in [0.15, 0.2) is 0 Å². The van der Waals surface area contributed by atoms with Gasteiger partial charge < -0.3 is 5.32 Å². The number of hydrogen-bond acceptors (Lipinski definition) is 1. The molecular formula is C12H22ClNO. The van der Waals surface area contributed by atoms with Gasteiger partial charge in [-0.15, -0.1) is 11.6 Å². The third-order valence-electron chi connectivity index (χ3n) is 3.11. The fourth-order valence-corrected chi connectivity index (χ4v) is 2.49. The Bertz CT molecular complexity index is 188. The Kier molecular flexibility index (Phi) is 6.07. The number of halogens is 1. The molecule has 1 amide bonds. The predicted molar refractivity (Wildman–Crippen MR) is 64.1 cm³/mol. The third kappa shape index (κ3) is 4.42. The summed E-state index contributed by atoms with van der Waals surface area (Å²) < 4.78 is 0. The largest absolute Gasteiger partial charge is 0.355 e. The van der Waals surface area contributed by atoms with Gasteiger partial charge in [-0.25, -0.2) is 0 Å². The average Bonchev–Trinajstić information content (AvgIpc) is 2.53. The molecule has 0 radical (unpaired) electrons. The maximum atomic E-state index is 11.7. The fourth-order valence-electron chi connectivity index (χ4n) is 2.16. The second-order valence-electron chi connectivity index (χ2n) is 4.44. The van der Waals surface area contributed by atoms with Crippen molar-refractivity contribution in [3.05, 3.63) is 0 Å². The zero-order valence-electron chi connectivity index (χ0n) is 9.60. The van der Waals surface area contributed by atoms with Crippen LogP contribution in [0.4, 0.5) is 0 Å². The van der Waals surface area contributed by atoms with Crippen molar-refractivity contribution >= 4 is 17.5 Å². The molecular weight excluding hydrogens is 210 g/mol. The molecule has 1 atom stereocenters. The smallest absolute Gasteiger partial charge is 0.238 e. The van der Waals surface area contributed by atoms with E-state index >= 15 is 0 Å². The topological polar surface area (TPSA) is 29.1 Å². The van der Waals surface area contributed by atoms with E-state index < -0.39 is 0 Å². The zero-order valence-corrected chi connectivity index (χ0v) is 10.4. The molecule has 0 bridgehead atoms. The van der Waals surface area contributed by atoms with E-state index in [1.165, 1.54) is 25.7 Å². The number of alkyl halides is 1. The standard InChI is InChI=1S/C12H22ClNO/c1-2-9-14-12(15)11(13)10-7-5-3-4-6-8-10/h10-11H,2-9H2,1H3,(H,14,15). The van der Waals surface area contributed by atoms with Gasteiger partial charge in [-0.1, -0.05) is 32.6 Å². The van der Waals surface area contributed by atoms with E-state index in [1.54, 1.807) is 0 Å². The number of nitrogens with one attached hydrogen (secondary N) is 1. The van der Waals surface area contributed by atoms with Crippen molar-refractivity contribution in [2.45, 2.75) is 57.2 Å². The quantitative estimate of drug-likeness (QED) is 0.585. The van der Waals surface area contributed by atoms with E-state index in [0.717, 1.165) is 25.8 Å². The minimum absolute atomic E-state index is 0.0328. The lowest BCUT2D eigenvalue weighted by molar-refractivity contribution is -0.121. The van der Waals surface area contributed by atoms with E-state index in [1.807, 2.05) is 0 Å².